The van der Waals surface area contributed by atoms with Crippen LogP contribution in [-0.2, 0) is 14.3 Å². The maximum Gasteiger partial charge on any atom is 0.414 e. The summed E-state index contributed by atoms with van der Waals surface area (Å²) in [6.45, 7) is 8.48. The minimum atomic E-state index is -0.662. The molecule has 0 saturated carbocycles. The summed E-state index contributed by atoms with van der Waals surface area (Å²) in [7, 11) is 0. The molecule has 3 rings (SSSR count). The van der Waals surface area contributed by atoms with Gasteiger partial charge in [-0.25, -0.2) is 4.79 Å². The van der Waals surface area contributed by atoms with Crippen LogP contribution in [-0.4, -0.2) is 36.0 Å². The standard InChI is InChI=1S/C22H25ClN2O5/c1-12(26)24-15-6-7-16-17(8-15)20-14(10-23)11-25(21(28)30-22(3,4)5)18(20)9-19(16)29-13(2)27/h6-9,14H,10-11H2,1-5H3,(H,24,26)/t14-/m1/s1. The minimum Gasteiger partial charge on any atom is -0.443 e. The first-order valence-electron chi connectivity index (χ1n) is 9.63. The normalized spacial score (nSPS) is 15.7. The van der Waals surface area contributed by atoms with E-state index >= 15 is 0 Å². The second-order valence-electron chi connectivity index (χ2n) is 8.28. The highest BCUT2D eigenvalue weighted by molar-refractivity contribution is 6.19. The van der Waals surface area contributed by atoms with Gasteiger partial charge >= 0.3 is 12.1 Å². The van der Waals surface area contributed by atoms with E-state index < -0.39 is 17.7 Å². The summed E-state index contributed by atoms with van der Waals surface area (Å²) in [6, 6.07) is 6.99. The average molecular weight is 433 g/mol. The van der Waals surface area contributed by atoms with Crippen LogP contribution in [0.3, 0.4) is 0 Å². The summed E-state index contributed by atoms with van der Waals surface area (Å²) in [6.07, 6.45) is -0.498. The molecule has 0 fully saturated rings. The summed E-state index contributed by atoms with van der Waals surface area (Å²) >= 11 is 6.25. The summed E-state index contributed by atoms with van der Waals surface area (Å²) < 4.78 is 11.0. The predicted octanol–water partition coefficient (Wildman–Crippen LogP) is 4.80. The van der Waals surface area contributed by atoms with Crippen LogP contribution in [0.2, 0.25) is 0 Å². The Morgan fingerprint density at radius 1 is 1.17 bits per heavy atom. The molecule has 1 aliphatic rings. The molecule has 30 heavy (non-hydrogen) atoms. The second kappa shape index (κ2) is 8.14. The fourth-order valence-corrected chi connectivity index (χ4v) is 3.85. The number of rotatable bonds is 3. The van der Waals surface area contributed by atoms with Crippen molar-refractivity contribution in [2.75, 3.05) is 22.6 Å². The fraction of sp³-hybridized carbons (Fsp3) is 0.409. The van der Waals surface area contributed by atoms with Crippen molar-refractivity contribution in [2.45, 2.75) is 46.1 Å². The molecule has 2 aromatic rings. The lowest BCUT2D eigenvalue weighted by atomic mass is 9.95. The number of anilines is 2. The van der Waals surface area contributed by atoms with Crippen LogP contribution < -0.4 is 15.0 Å². The van der Waals surface area contributed by atoms with Gasteiger partial charge in [-0.05, 0) is 49.9 Å². The van der Waals surface area contributed by atoms with Gasteiger partial charge in [0.15, 0.2) is 0 Å². The molecule has 0 aliphatic carbocycles. The fourth-order valence-electron chi connectivity index (χ4n) is 3.60. The zero-order valence-corrected chi connectivity index (χ0v) is 18.4. The first kappa shape index (κ1) is 21.9. The smallest absolute Gasteiger partial charge is 0.414 e. The molecule has 1 heterocycles. The van der Waals surface area contributed by atoms with Crippen LogP contribution in [0.15, 0.2) is 24.3 Å². The number of nitrogens with one attached hydrogen (secondary N) is 1. The van der Waals surface area contributed by atoms with Crippen molar-refractivity contribution in [2.24, 2.45) is 0 Å². The Morgan fingerprint density at radius 2 is 1.87 bits per heavy atom. The van der Waals surface area contributed by atoms with Crippen molar-refractivity contribution in [1.29, 1.82) is 0 Å². The van der Waals surface area contributed by atoms with E-state index in [-0.39, 0.29) is 11.8 Å². The Labute approximate surface area is 180 Å². The van der Waals surface area contributed by atoms with Gasteiger partial charge < -0.3 is 14.8 Å². The summed E-state index contributed by atoms with van der Waals surface area (Å²) in [4.78, 5) is 37.6. The monoisotopic (exact) mass is 432 g/mol. The van der Waals surface area contributed by atoms with E-state index in [2.05, 4.69) is 5.32 Å². The Kier molecular flexibility index (Phi) is 5.94. The van der Waals surface area contributed by atoms with Gasteiger partial charge in [0.05, 0.1) is 5.69 Å². The van der Waals surface area contributed by atoms with Crippen molar-refractivity contribution in [3.63, 3.8) is 0 Å². The molecule has 0 aromatic heterocycles. The van der Waals surface area contributed by atoms with Gasteiger partial charge in [-0.3, -0.25) is 14.5 Å². The number of ether oxygens (including phenoxy) is 2. The Bertz CT molecular complexity index is 1030. The van der Waals surface area contributed by atoms with Gasteiger partial charge in [0.2, 0.25) is 5.91 Å². The molecule has 1 N–H and O–H groups in total. The number of nitrogens with zero attached hydrogens (tertiary/aromatic N) is 1. The number of carbonyl (C=O) groups excluding carboxylic acids is 3. The molecule has 7 nitrogen and oxygen atoms in total. The van der Waals surface area contributed by atoms with Crippen LogP contribution >= 0.6 is 11.6 Å². The Balaban J connectivity index is 2.23. The van der Waals surface area contributed by atoms with Gasteiger partial charge in [0.1, 0.15) is 11.4 Å². The highest BCUT2D eigenvalue weighted by Crippen LogP contribution is 2.46. The third-order valence-electron chi connectivity index (χ3n) is 4.60. The average Bonchev–Trinajstić information content (AvgIpc) is 2.98. The van der Waals surface area contributed by atoms with Crippen molar-refractivity contribution in [3.8, 4) is 5.75 Å². The van der Waals surface area contributed by atoms with E-state index in [0.717, 1.165) is 10.9 Å². The van der Waals surface area contributed by atoms with E-state index in [1.54, 1.807) is 45.0 Å². The first-order chi connectivity index (χ1) is 14.0. The number of amides is 2. The van der Waals surface area contributed by atoms with Crippen molar-refractivity contribution in [1.82, 2.24) is 0 Å². The molecule has 1 atom stereocenters. The highest BCUT2D eigenvalue weighted by Gasteiger charge is 2.37. The Morgan fingerprint density at radius 3 is 2.43 bits per heavy atom. The summed E-state index contributed by atoms with van der Waals surface area (Å²) in [5, 5.41) is 4.21. The van der Waals surface area contributed by atoms with Crippen LogP contribution in [0.25, 0.3) is 10.8 Å². The molecule has 2 aromatic carbocycles. The number of alkyl halides is 1. The lowest BCUT2D eigenvalue weighted by Gasteiger charge is -2.25. The molecule has 160 valence electrons. The summed E-state index contributed by atoms with van der Waals surface area (Å²) in [5.41, 5.74) is 1.37. The minimum absolute atomic E-state index is 0.143. The van der Waals surface area contributed by atoms with E-state index in [0.29, 0.717) is 34.9 Å². The SMILES string of the molecule is CC(=O)Nc1ccc2c(OC(C)=O)cc3c(c2c1)[C@H](CCl)CN3C(=O)OC(C)(C)C. The zero-order chi connectivity index (χ0) is 22.2. The maximum absolute atomic E-state index is 12.9. The molecule has 0 unspecified atom stereocenters. The number of benzene rings is 2. The second-order valence-corrected chi connectivity index (χ2v) is 8.59. The van der Waals surface area contributed by atoms with E-state index in [9.17, 15) is 14.4 Å². The molecule has 0 spiro atoms. The third kappa shape index (κ3) is 4.51. The maximum atomic E-state index is 12.9. The number of hydrogen-bond acceptors (Lipinski definition) is 5. The lowest BCUT2D eigenvalue weighted by Crippen LogP contribution is -2.36. The van der Waals surface area contributed by atoms with Crippen LogP contribution in [0, 0.1) is 0 Å². The molecule has 8 heteroatoms. The molecule has 0 saturated heterocycles. The third-order valence-corrected chi connectivity index (χ3v) is 4.97. The highest BCUT2D eigenvalue weighted by atomic mass is 35.5. The topological polar surface area (TPSA) is 84.9 Å². The molecular weight excluding hydrogens is 408 g/mol. The van der Waals surface area contributed by atoms with Crippen LogP contribution in [0.4, 0.5) is 16.2 Å². The number of fused-ring (bicyclic) bond motifs is 3. The number of halogens is 1. The van der Waals surface area contributed by atoms with Crippen LogP contribution in [0.1, 0.15) is 46.1 Å². The van der Waals surface area contributed by atoms with Crippen molar-refractivity contribution in [3.05, 3.63) is 29.8 Å². The van der Waals surface area contributed by atoms with Gasteiger partial charge in [0, 0.05) is 49.3 Å². The van der Waals surface area contributed by atoms with E-state index in [4.69, 9.17) is 21.1 Å². The quantitative estimate of drug-likeness (QED) is 0.427. The molecule has 0 bridgehead atoms. The molecule has 0 radical (unpaired) electrons. The van der Waals surface area contributed by atoms with Crippen molar-refractivity contribution < 1.29 is 23.9 Å². The number of esters is 1. The first-order valence-corrected chi connectivity index (χ1v) is 10.2. The van der Waals surface area contributed by atoms with Gasteiger partial charge in [-0.1, -0.05) is 0 Å². The van der Waals surface area contributed by atoms with Gasteiger partial charge in [-0.2, -0.15) is 0 Å². The van der Waals surface area contributed by atoms with Crippen LogP contribution in [0.5, 0.6) is 5.75 Å². The largest absolute Gasteiger partial charge is 0.443 e. The number of hydrogen-bond donors (Lipinski definition) is 1. The molecule has 1 aliphatic heterocycles. The molecule has 2 amide bonds. The van der Waals surface area contributed by atoms with E-state index in [1.807, 2.05) is 0 Å². The number of carbonyl (C=O) groups is 3. The lowest BCUT2D eigenvalue weighted by molar-refractivity contribution is -0.131. The van der Waals surface area contributed by atoms with E-state index in [1.165, 1.54) is 18.7 Å². The van der Waals surface area contributed by atoms with Gasteiger partial charge in [-0.15, -0.1) is 11.6 Å². The zero-order valence-electron chi connectivity index (χ0n) is 17.7. The predicted molar refractivity (Wildman–Crippen MR) is 117 cm³/mol. The Hall–Kier alpha value is -2.80. The van der Waals surface area contributed by atoms with Gasteiger partial charge in [0.25, 0.3) is 0 Å². The van der Waals surface area contributed by atoms with Crippen molar-refractivity contribution >= 4 is 51.7 Å². The summed E-state index contributed by atoms with van der Waals surface area (Å²) in [5.74, 6) is -0.201. The molecular formula is C22H25ClN2O5.